The van der Waals surface area contributed by atoms with Crippen molar-refractivity contribution >= 4 is 0 Å². The number of ether oxygens (including phenoxy) is 2. The lowest BCUT2D eigenvalue weighted by Crippen LogP contribution is -2.35. The van der Waals surface area contributed by atoms with E-state index >= 15 is 0 Å². The summed E-state index contributed by atoms with van der Waals surface area (Å²) in [7, 11) is 0. The van der Waals surface area contributed by atoms with Crippen molar-refractivity contribution in [1.29, 1.82) is 0 Å². The van der Waals surface area contributed by atoms with E-state index in [9.17, 15) is 0 Å². The Morgan fingerprint density at radius 3 is 2.20 bits per heavy atom. The third-order valence-corrected chi connectivity index (χ3v) is 4.94. The molecule has 3 heteroatoms. The van der Waals surface area contributed by atoms with Gasteiger partial charge in [-0.3, -0.25) is 0 Å². The van der Waals surface area contributed by atoms with Gasteiger partial charge in [0.25, 0.3) is 0 Å². The summed E-state index contributed by atoms with van der Waals surface area (Å²) in [5.41, 5.74) is 0.485. The van der Waals surface area contributed by atoms with Gasteiger partial charge in [0.05, 0.1) is 12.7 Å². The highest BCUT2D eigenvalue weighted by molar-refractivity contribution is 4.82. The second-order valence-electron chi connectivity index (χ2n) is 8.19. The standard InChI is InChI=1S/C17H33NO2/c1-16(2,3)14-8-6-13(7-9-14)10-18-11-15-12-19-17(4,5)20-15/h13-15,18H,6-12H2,1-5H3. The Labute approximate surface area is 124 Å². The minimum atomic E-state index is -0.392. The molecule has 1 saturated heterocycles. The van der Waals surface area contributed by atoms with E-state index in [-0.39, 0.29) is 6.10 Å². The lowest BCUT2D eigenvalue weighted by Gasteiger charge is -2.37. The average Bonchev–Trinajstić information content (AvgIpc) is 2.68. The lowest BCUT2D eigenvalue weighted by atomic mass is 9.70. The van der Waals surface area contributed by atoms with E-state index in [0.717, 1.165) is 31.5 Å². The quantitative estimate of drug-likeness (QED) is 0.855. The van der Waals surface area contributed by atoms with Crippen molar-refractivity contribution in [3.8, 4) is 0 Å². The maximum atomic E-state index is 5.82. The first-order valence-corrected chi connectivity index (χ1v) is 8.29. The maximum Gasteiger partial charge on any atom is 0.163 e. The van der Waals surface area contributed by atoms with Gasteiger partial charge in [0.15, 0.2) is 5.79 Å². The zero-order valence-electron chi connectivity index (χ0n) is 14.0. The predicted octanol–water partition coefficient (Wildman–Crippen LogP) is 3.58. The van der Waals surface area contributed by atoms with Gasteiger partial charge in [0, 0.05) is 6.54 Å². The summed E-state index contributed by atoms with van der Waals surface area (Å²) in [5, 5.41) is 3.58. The van der Waals surface area contributed by atoms with Gasteiger partial charge in [-0.2, -0.15) is 0 Å². The normalized spacial score (nSPS) is 34.4. The number of hydrogen-bond acceptors (Lipinski definition) is 3. The molecule has 2 fully saturated rings. The molecule has 1 heterocycles. The van der Waals surface area contributed by atoms with Crippen LogP contribution in [0.5, 0.6) is 0 Å². The summed E-state index contributed by atoms with van der Waals surface area (Å²) in [4.78, 5) is 0. The molecule has 0 bridgehead atoms. The molecule has 0 radical (unpaired) electrons. The fourth-order valence-corrected chi connectivity index (χ4v) is 3.54. The van der Waals surface area contributed by atoms with Crippen LogP contribution in [0.25, 0.3) is 0 Å². The van der Waals surface area contributed by atoms with E-state index in [1.165, 1.54) is 25.7 Å². The molecule has 1 aliphatic heterocycles. The van der Waals surface area contributed by atoms with Gasteiger partial charge in [-0.05, 0) is 63.3 Å². The highest BCUT2D eigenvalue weighted by atomic mass is 16.7. The second kappa shape index (κ2) is 6.33. The minimum absolute atomic E-state index is 0.218. The minimum Gasteiger partial charge on any atom is -0.348 e. The Balaban J connectivity index is 1.60. The van der Waals surface area contributed by atoms with Crippen LogP contribution in [0.4, 0.5) is 0 Å². The fraction of sp³-hybridized carbons (Fsp3) is 1.00. The van der Waals surface area contributed by atoms with Crippen LogP contribution in [-0.4, -0.2) is 31.6 Å². The molecular formula is C17H33NO2. The monoisotopic (exact) mass is 283 g/mol. The van der Waals surface area contributed by atoms with Gasteiger partial charge in [-0.15, -0.1) is 0 Å². The summed E-state index contributed by atoms with van der Waals surface area (Å²) in [6.45, 7) is 13.9. The van der Waals surface area contributed by atoms with Crippen LogP contribution in [0.2, 0.25) is 0 Å². The summed E-state index contributed by atoms with van der Waals surface area (Å²) >= 11 is 0. The molecular weight excluding hydrogens is 250 g/mol. The molecule has 1 saturated carbocycles. The molecule has 1 N–H and O–H groups in total. The SMILES string of the molecule is CC1(C)OCC(CNCC2CCC(C(C)(C)C)CC2)O1. The first kappa shape index (κ1) is 16.3. The van der Waals surface area contributed by atoms with Crippen molar-refractivity contribution in [3.63, 3.8) is 0 Å². The Morgan fingerprint density at radius 2 is 1.70 bits per heavy atom. The molecule has 118 valence electrons. The van der Waals surface area contributed by atoms with Gasteiger partial charge in [-0.25, -0.2) is 0 Å². The van der Waals surface area contributed by atoms with E-state index in [2.05, 4.69) is 26.1 Å². The highest BCUT2D eigenvalue weighted by Gasteiger charge is 2.33. The molecule has 3 nitrogen and oxygen atoms in total. The van der Waals surface area contributed by atoms with Crippen molar-refractivity contribution in [1.82, 2.24) is 5.32 Å². The van der Waals surface area contributed by atoms with Gasteiger partial charge in [0.1, 0.15) is 0 Å². The van der Waals surface area contributed by atoms with Crippen molar-refractivity contribution in [2.75, 3.05) is 19.7 Å². The first-order valence-electron chi connectivity index (χ1n) is 8.29. The molecule has 2 aliphatic rings. The molecule has 0 aromatic rings. The first-order chi connectivity index (χ1) is 9.26. The third kappa shape index (κ3) is 4.71. The smallest absolute Gasteiger partial charge is 0.163 e. The highest BCUT2D eigenvalue weighted by Crippen LogP contribution is 2.39. The fourth-order valence-electron chi connectivity index (χ4n) is 3.54. The topological polar surface area (TPSA) is 30.5 Å². The van der Waals surface area contributed by atoms with Crippen molar-refractivity contribution < 1.29 is 9.47 Å². The molecule has 0 spiro atoms. The largest absolute Gasteiger partial charge is 0.348 e. The van der Waals surface area contributed by atoms with Gasteiger partial charge < -0.3 is 14.8 Å². The van der Waals surface area contributed by atoms with E-state index in [1.54, 1.807) is 0 Å². The van der Waals surface area contributed by atoms with Gasteiger partial charge in [-0.1, -0.05) is 20.8 Å². The summed E-state index contributed by atoms with van der Waals surface area (Å²) in [6.07, 6.45) is 5.76. The maximum absolute atomic E-state index is 5.82. The zero-order valence-corrected chi connectivity index (χ0v) is 14.0. The van der Waals surface area contributed by atoms with E-state index in [1.807, 2.05) is 13.8 Å². The van der Waals surface area contributed by atoms with Crippen molar-refractivity contribution in [2.24, 2.45) is 17.3 Å². The Kier molecular flexibility index (Phi) is 5.14. The summed E-state index contributed by atoms with van der Waals surface area (Å²) in [5.74, 6) is 1.37. The number of rotatable bonds is 4. The molecule has 0 aromatic carbocycles. The summed E-state index contributed by atoms with van der Waals surface area (Å²) < 4.78 is 11.4. The number of nitrogens with one attached hydrogen (secondary N) is 1. The summed E-state index contributed by atoms with van der Waals surface area (Å²) in [6, 6.07) is 0. The molecule has 2 rings (SSSR count). The number of hydrogen-bond donors (Lipinski definition) is 1. The zero-order chi connectivity index (χ0) is 14.8. The Morgan fingerprint density at radius 1 is 1.05 bits per heavy atom. The van der Waals surface area contributed by atoms with Crippen LogP contribution >= 0.6 is 0 Å². The van der Waals surface area contributed by atoms with E-state index < -0.39 is 5.79 Å². The Bertz CT molecular complexity index is 301. The lowest BCUT2D eigenvalue weighted by molar-refractivity contribution is -0.137. The Hall–Kier alpha value is -0.120. The van der Waals surface area contributed by atoms with Crippen molar-refractivity contribution in [2.45, 2.75) is 72.2 Å². The van der Waals surface area contributed by atoms with Crippen LogP contribution in [0.3, 0.4) is 0 Å². The van der Waals surface area contributed by atoms with E-state index in [4.69, 9.17) is 9.47 Å². The molecule has 0 amide bonds. The molecule has 0 aromatic heterocycles. The third-order valence-electron chi connectivity index (χ3n) is 4.94. The van der Waals surface area contributed by atoms with Gasteiger partial charge in [0.2, 0.25) is 0 Å². The molecule has 1 aliphatic carbocycles. The predicted molar refractivity (Wildman–Crippen MR) is 82.7 cm³/mol. The van der Waals surface area contributed by atoms with Crippen LogP contribution < -0.4 is 5.32 Å². The molecule has 1 atom stereocenters. The van der Waals surface area contributed by atoms with Crippen LogP contribution in [0.1, 0.15) is 60.3 Å². The van der Waals surface area contributed by atoms with Gasteiger partial charge >= 0.3 is 0 Å². The van der Waals surface area contributed by atoms with Crippen LogP contribution in [0, 0.1) is 17.3 Å². The van der Waals surface area contributed by atoms with Crippen LogP contribution in [0.15, 0.2) is 0 Å². The second-order valence-corrected chi connectivity index (χ2v) is 8.19. The van der Waals surface area contributed by atoms with Crippen molar-refractivity contribution in [3.05, 3.63) is 0 Å². The molecule has 20 heavy (non-hydrogen) atoms. The average molecular weight is 283 g/mol. The van der Waals surface area contributed by atoms with E-state index in [0.29, 0.717) is 5.41 Å². The molecule has 1 unspecified atom stereocenters. The van der Waals surface area contributed by atoms with Crippen LogP contribution in [-0.2, 0) is 9.47 Å².